The Kier molecular flexibility index (Phi) is 2.77. The van der Waals surface area contributed by atoms with Crippen molar-refractivity contribution in [2.75, 3.05) is 20.3 Å². The Balaban J connectivity index is 2.40. The molecule has 0 amide bonds. The second kappa shape index (κ2) is 3.84. The Morgan fingerprint density at radius 2 is 2.12 bits per heavy atom. The molecule has 1 heterocycles. The molecule has 0 aromatic carbocycles. The van der Waals surface area contributed by atoms with Gasteiger partial charge in [0.1, 0.15) is 5.41 Å². The quantitative estimate of drug-likeness (QED) is 0.514. The van der Waals surface area contributed by atoms with E-state index >= 15 is 0 Å². The monoisotopic (exact) mass is 228 g/mol. The van der Waals surface area contributed by atoms with Crippen molar-refractivity contribution in [1.29, 1.82) is 0 Å². The average molecular weight is 228 g/mol. The number of methoxy groups -OCH3 is 1. The molecule has 1 N–H and O–H groups in total. The maximum Gasteiger partial charge on any atom is 0.320 e. The number of aliphatic hydroxyl groups is 1. The van der Waals surface area contributed by atoms with Crippen molar-refractivity contribution in [3.05, 3.63) is 12.2 Å². The zero-order valence-corrected chi connectivity index (χ0v) is 9.43. The molecule has 0 bridgehead atoms. The van der Waals surface area contributed by atoms with Gasteiger partial charge in [0.15, 0.2) is 5.79 Å². The number of esters is 1. The number of rotatable bonds is 1. The average Bonchev–Trinajstić information content (AvgIpc) is 2.73. The van der Waals surface area contributed by atoms with Gasteiger partial charge in [0.2, 0.25) is 0 Å². The summed E-state index contributed by atoms with van der Waals surface area (Å²) in [5.41, 5.74) is -1.00. The summed E-state index contributed by atoms with van der Waals surface area (Å²) in [6, 6.07) is 0. The van der Waals surface area contributed by atoms with Gasteiger partial charge in [-0.3, -0.25) is 4.79 Å². The van der Waals surface area contributed by atoms with E-state index in [1.807, 2.05) is 0 Å². The molecule has 1 spiro atoms. The Morgan fingerprint density at radius 3 is 2.69 bits per heavy atom. The van der Waals surface area contributed by atoms with E-state index in [1.54, 1.807) is 19.1 Å². The largest absolute Gasteiger partial charge is 0.468 e. The molecule has 2 atom stereocenters. The van der Waals surface area contributed by atoms with Gasteiger partial charge in [0.05, 0.1) is 26.4 Å². The minimum atomic E-state index is -1.09. The lowest BCUT2D eigenvalue weighted by Gasteiger charge is -2.43. The van der Waals surface area contributed by atoms with Crippen LogP contribution in [0.4, 0.5) is 0 Å². The second-order valence-corrected chi connectivity index (χ2v) is 4.27. The first-order valence-corrected chi connectivity index (χ1v) is 5.28. The molecule has 5 nitrogen and oxygen atoms in total. The highest BCUT2D eigenvalue weighted by Gasteiger charge is 2.59. The van der Waals surface area contributed by atoms with Crippen molar-refractivity contribution < 1.29 is 24.1 Å². The van der Waals surface area contributed by atoms with E-state index in [0.29, 0.717) is 13.2 Å². The van der Waals surface area contributed by atoms with Crippen LogP contribution in [-0.2, 0) is 19.0 Å². The van der Waals surface area contributed by atoms with E-state index < -0.39 is 23.3 Å². The van der Waals surface area contributed by atoms with Crippen LogP contribution in [0.3, 0.4) is 0 Å². The predicted molar refractivity (Wildman–Crippen MR) is 54.5 cm³/mol. The molecule has 0 aromatic rings. The molecule has 0 radical (unpaired) electrons. The van der Waals surface area contributed by atoms with Crippen LogP contribution in [0.15, 0.2) is 12.2 Å². The van der Waals surface area contributed by atoms with Crippen molar-refractivity contribution in [1.82, 2.24) is 0 Å². The minimum absolute atomic E-state index is 0.245. The summed E-state index contributed by atoms with van der Waals surface area (Å²) in [6.07, 6.45) is 2.77. The first kappa shape index (κ1) is 11.6. The molecule has 2 aliphatic rings. The Bertz CT molecular complexity index is 318. The van der Waals surface area contributed by atoms with E-state index in [0.717, 1.165) is 0 Å². The molecule has 2 rings (SSSR count). The SMILES string of the molecule is COC(=O)[C@]1(C)C=C[C@@H](O)CC12OCCO2. The third kappa shape index (κ3) is 1.47. The fraction of sp³-hybridized carbons (Fsp3) is 0.727. The van der Waals surface area contributed by atoms with E-state index in [-0.39, 0.29) is 6.42 Å². The molecule has 0 saturated carbocycles. The van der Waals surface area contributed by atoms with Crippen molar-refractivity contribution in [2.45, 2.75) is 25.2 Å². The lowest BCUT2D eigenvalue weighted by molar-refractivity contribution is -0.240. The molecule has 1 aliphatic heterocycles. The molecule has 90 valence electrons. The first-order valence-electron chi connectivity index (χ1n) is 5.28. The summed E-state index contributed by atoms with van der Waals surface area (Å²) in [4.78, 5) is 11.8. The smallest absolute Gasteiger partial charge is 0.320 e. The van der Waals surface area contributed by atoms with Crippen LogP contribution in [0.2, 0.25) is 0 Å². The Hall–Kier alpha value is -0.910. The molecule has 1 fully saturated rings. The van der Waals surface area contributed by atoms with Crippen molar-refractivity contribution >= 4 is 5.97 Å². The van der Waals surface area contributed by atoms with Crippen molar-refractivity contribution in [3.63, 3.8) is 0 Å². The van der Waals surface area contributed by atoms with Gasteiger partial charge in [-0.25, -0.2) is 0 Å². The van der Waals surface area contributed by atoms with Gasteiger partial charge in [-0.1, -0.05) is 12.2 Å². The van der Waals surface area contributed by atoms with Crippen LogP contribution in [0.5, 0.6) is 0 Å². The molecule has 5 heteroatoms. The predicted octanol–water partition coefficient (Wildman–Crippen LogP) is 0.230. The second-order valence-electron chi connectivity index (χ2n) is 4.27. The summed E-state index contributed by atoms with van der Waals surface area (Å²) < 4.78 is 15.9. The summed E-state index contributed by atoms with van der Waals surface area (Å²) in [5.74, 6) is -1.51. The first-order chi connectivity index (χ1) is 7.54. The fourth-order valence-corrected chi connectivity index (χ4v) is 2.29. The normalized spacial score (nSPS) is 36.6. The number of hydrogen-bond donors (Lipinski definition) is 1. The van der Waals surface area contributed by atoms with Gasteiger partial charge in [-0.2, -0.15) is 0 Å². The molecule has 0 unspecified atom stereocenters. The van der Waals surface area contributed by atoms with E-state index in [9.17, 15) is 9.90 Å². The molecule has 0 aromatic heterocycles. The van der Waals surface area contributed by atoms with Gasteiger partial charge >= 0.3 is 5.97 Å². The highest BCUT2D eigenvalue weighted by atomic mass is 16.7. The summed E-state index contributed by atoms with van der Waals surface area (Å²) >= 11 is 0. The lowest BCUT2D eigenvalue weighted by Crippen LogP contribution is -2.55. The third-order valence-electron chi connectivity index (χ3n) is 3.28. The topological polar surface area (TPSA) is 65.0 Å². The number of carbonyl (C=O) groups is 1. The van der Waals surface area contributed by atoms with E-state index in [1.165, 1.54) is 7.11 Å². The van der Waals surface area contributed by atoms with Crippen molar-refractivity contribution in [2.24, 2.45) is 5.41 Å². The minimum Gasteiger partial charge on any atom is -0.468 e. The molecule has 16 heavy (non-hydrogen) atoms. The summed E-state index contributed by atoms with van der Waals surface area (Å²) in [7, 11) is 1.33. The van der Waals surface area contributed by atoms with E-state index in [2.05, 4.69) is 0 Å². The highest BCUT2D eigenvalue weighted by molar-refractivity contribution is 5.80. The van der Waals surface area contributed by atoms with Crippen LogP contribution in [-0.4, -0.2) is 43.3 Å². The fourth-order valence-electron chi connectivity index (χ4n) is 2.29. The molecular formula is C11H16O5. The number of aliphatic hydroxyl groups excluding tert-OH is 1. The van der Waals surface area contributed by atoms with Crippen LogP contribution < -0.4 is 0 Å². The molecule has 1 aliphatic carbocycles. The zero-order chi connectivity index (χ0) is 11.8. The van der Waals surface area contributed by atoms with Crippen LogP contribution in [0.1, 0.15) is 13.3 Å². The Morgan fingerprint density at radius 1 is 1.50 bits per heavy atom. The molecule has 1 saturated heterocycles. The van der Waals surface area contributed by atoms with Gasteiger partial charge in [-0.05, 0) is 6.92 Å². The van der Waals surface area contributed by atoms with Crippen LogP contribution >= 0.6 is 0 Å². The lowest BCUT2D eigenvalue weighted by atomic mass is 9.74. The van der Waals surface area contributed by atoms with Crippen LogP contribution in [0.25, 0.3) is 0 Å². The zero-order valence-electron chi connectivity index (χ0n) is 9.43. The van der Waals surface area contributed by atoms with Crippen molar-refractivity contribution in [3.8, 4) is 0 Å². The summed E-state index contributed by atoms with van der Waals surface area (Å²) in [6.45, 7) is 2.55. The standard InChI is InChI=1S/C11H16O5/c1-10(9(13)14-2)4-3-8(12)7-11(10)15-5-6-16-11/h3-4,8,12H,5-7H2,1-2H3/t8-,10+/m1/s1. The Labute approximate surface area is 94.0 Å². The maximum atomic E-state index is 11.8. The maximum absolute atomic E-state index is 11.8. The van der Waals surface area contributed by atoms with E-state index in [4.69, 9.17) is 14.2 Å². The van der Waals surface area contributed by atoms with Crippen LogP contribution in [0, 0.1) is 5.41 Å². The number of carbonyl (C=O) groups excluding carboxylic acids is 1. The van der Waals surface area contributed by atoms with Gasteiger partial charge in [0.25, 0.3) is 0 Å². The number of hydrogen-bond acceptors (Lipinski definition) is 5. The number of ether oxygens (including phenoxy) is 3. The van der Waals surface area contributed by atoms with Gasteiger partial charge in [-0.15, -0.1) is 0 Å². The highest BCUT2D eigenvalue weighted by Crippen LogP contribution is 2.46. The molecular weight excluding hydrogens is 212 g/mol. The third-order valence-corrected chi connectivity index (χ3v) is 3.28. The van der Waals surface area contributed by atoms with Gasteiger partial charge < -0.3 is 19.3 Å². The summed E-state index contributed by atoms with van der Waals surface area (Å²) in [5, 5.41) is 9.62. The van der Waals surface area contributed by atoms with Gasteiger partial charge in [0, 0.05) is 6.42 Å².